The standard InChI is InChI=1S/C32H38N2O/c35-32(33-16-3-4-17-33)34-18-14-22(15-19-34)24-10-12-26-25(20-24)11-13-29-27-8-1-2-9-28(27)30(21-31(26)29)23-6-5-7-23/h1,8,10-13,20,22-23,30H,2-7,9,14-19,21H2. The molecule has 7 rings (SSSR count). The molecule has 3 aliphatic carbocycles. The van der Waals surface area contributed by atoms with Crippen molar-refractivity contribution in [1.29, 1.82) is 0 Å². The Labute approximate surface area is 209 Å². The fourth-order valence-electron chi connectivity index (χ4n) is 7.62. The second-order valence-electron chi connectivity index (χ2n) is 11.7. The van der Waals surface area contributed by atoms with Crippen molar-refractivity contribution in [2.24, 2.45) is 11.8 Å². The minimum absolute atomic E-state index is 0.276. The van der Waals surface area contributed by atoms with Gasteiger partial charge in [0, 0.05) is 26.2 Å². The second kappa shape index (κ2) is 8.84. The number of allylic oxidation sites excluding steroid dienone is 4. The number of hydrogen-bond donors (Lipinski definition) is 0. The minimum atomic E-state index is 0.276. The fourth-order valence-corrected chi connectivity index (χ4v) is 7.62. The zero-order valence-electron chi connectivity index (χ0n) is 21.0. The molecule has 1 saturated carbocycles. The number of benzene rings is 2. The van der Waals surface area contributed by atoms with Crippen molar-refractivity contribution in [3.63, 3.8) is 0 Å². The lowest BCUT2D eigenvalue weighted by atomic mass is 9.64. The topological polar surface area (TPSA) is 23.6 Å². The lowest BCUT2D eigenvalue weighted by Crippen LogP contribution is -2.45. The zero-order chi connectivity index (χ0) is 23.4. The van der Waals surface area contributed by atoms with E-state index in [1.54, 1.807) is 16.7 Å². The summed E-state index contributed by atoms with van der Waals surface area (Å²) in [7, 11) is 0. The summed E-state index contributed by atoms with van der Waals surface area (Å²) in [6.07, 6.45) is 17.3. The zero-order valence-corrected chi connectivity index (χ0v) is 21.0. The molecule has 0 radical (unpaired) electrons. The van der Waals surface area contributed by atoms with Crippen LogP contribution in [0.2, 0.25) is 0 Å². The molecule has 0 aromatic heterocycles. The van der Waals surface area contributed by atoms with Crippen LogP contribution in [0, 0.1) is 11.8 Å². The van der Waals surface area contributed by atoms with Crippen molar-refractivity contribution < 1.29 is 4.79 Å². The summed E-state index contributed by atoms with van der Waals surface area (Å²) < 4.78 is 0. The van der Waals surface area contributed by atoms with Crippen LogP contribution in [0.4, 0.5) is 4.79 Å². The summed E-state index contributed by atoms with van der Waals surface area (Å²) in [6, 6.07) is 12.4. The number of amides is 2. The predicted molar refractivity (Wildman–Crippen MR) is 144 cm³/mol. The van der Waals surface area contributed by atoms with Gasteiger partial charge < -0.3 is 9.80 Å². The molecule has 0 spiro atoms. The first-order valence-electron chi connectivity index (χ1n) is 14.3. The van der Waals surface area contributed by atoms with Crippen molar-refractivity contribution in [3.05, 3.63) is 64.7 Å². The van der Waals surface area contributed by atoms with Gasteiger partial charge in [-0.1, -0.05) is 54.5 Å². The first kappa shape index (κ1) is 21.7. The van der Waals surface area contributed by atoms with Gasteiger partial charge in [-0.15, -0.1) is 0 Å². The number of carbonyl (C=O) groups is 1. The molecule has 0 bridgehead atoms. The number of fused-ring (bicyclic) bond motifs is 4. The fraction of sp³-hybridized carbons (Fsp3) is 0.531. The van der Waals surface area contributed by atoms with Crippen molar-refractivity contribution in [2.45, 2.75) is 70.1 Å². The minimum Gasteiger partial charge on any atom is -0.325 e. The predicted octanol–water partition coefficient (Wildman–Crippen LogP) is 7.31. The summed E-state index contributed by atoms with van der Waals surface area (Å²) in [5.74, 6) is 2.23. The van der Waals surface area contributed by atoms with Crippen LogP contribution in [0.1, 0.15) is 80.4 Å². The van der Waals surface area contributed by atoms with E-state index < -0.39 is 0 Å². The van der Waals surface area contributed by atoms with E-state index >= 15 is 0 Å². The van der Waals surface area contributed by atoms with E-state index in [1.165, 1.54) is 73.3 Å². The van der Waals surface area contributed by atoms with Crippen molar-refractivity contribution in [2.75, 3.05) is 26.2 Å². The highest BCUT2D eigenvalue weighted by atomic mass is 16.2. The first-order chi connectivity index (χ1) is 17.3. The molecule has 2 aromatic carbocycles. The lowest BCUT2D eigenvalue weighted by molar-refractivity contribution is 0.148. The van der Waals surface area contributed by atoms with Gasteiger partial charge in [-0.2, -0.15) is 0 Å². The van der Waals surface area contributed by atoms with E-state index in [2.05, 4.69) is 52.3 Å². The highest BCUT2D eigenvalue weighted by Gasteiger charge is 2.36. The number of nitrogens with zero attached hydrogens (tertiary/aromatic N) is 2. The number of hydrogen-bond acceptors (Lipinski definition) is 1. The van der Waals surface area contributed by atoms with Crippen LogP contribution in [-0.4, -0.2) is 42.0 Å². The molecule has 1 unspecified atom stereocenters. The highest BCUT2D eigenvalue weighted by Crippen LogP contribution is 2.49. The SMILES string of the molecule is O=C(N1CCCC1)N1CCC(c2ccc3c4c(ccc3c2)C2=C(CCC=C2)C(C2CCC2)C4)CC1. The average Bonchev–Trinajstić information content (AvgIpc) is 3.42. The van der Waals surface area contributed by atoms with Gasteiger partial charge in [-0.05, 0) is 109 Å². The van der Waals surface area contributed by atoms with Gasteiger partial charge in [0.05, 0.1) is 0 Å². The molecule has 0 N–H and O–H groups in total. The molecular weight excluding hydrogens is 428 g/mol. The molecule has 2 aliphatic heterocycles. The Kier molecular flexibility index (Phi) is 5.48. The third-order valence-corrected chi connectivity index (χ3v) is 9.86. The van der Waals surface area contributed by atoms with Gasteiger partial charge in [-0.3, -0.25) is 0 Å². The smallest absolute Gasteiger partial charge is 0.319 e. The molecule has 2 heterocycles. The quantitative estimate of drug-likeness (QED) is 0.455. The Hall–Kier alpha value is -2.55. The number of rotatable bonds is 2. The van der Waals surface area contributed by atoms with Gasteiger partial charge in [0.15, 0.2) is 0 Å². The van der Waals surface area contributed by atoms with Crippen LogP contribution >= 0.6 is 0 Å². The number of carbonyl (C=O) groups excluding carboxylic acids is 1. The first-order valence-corrected chi connectivity index (χ1v) is 14.3. The van der Waals surface area contributed by atoms with E-state index in [-0.39, 0.29) is 6.03 Å². The normalized spacial score (nSPS) is 25.1. The molecule has 1 atom stereocenters. The van der Waals surface area contributed by atoms with Crippen molar-refractivity contribution in [1.82, 2.24) is 9.80 Å². The maximum atomic E-state index is 12.8. The number of piperidine rings is 1. The molecule has 2 saturated heterocycles. The van der Waals surface area contributed by atoms with Gasteiger partial charge in [0.1, 0.15) is 0 Å². The summed E-state index contributed by atoms with van der Waals surface area (Å²) in [4.78, 5) is 17.0. The van der Waals surface area contributed by atoms with Crippen LogP contribution in [0.3, 0.4) is 0 Å². The van der Waals surface area contributed by atoms with E-state index in [4.69, 9.17) is 0 Å². The van der Waals surface area contributed by atoms with Crippen LogP contribution in [-0.2, 0) is 6.42 Å². The molecule has 35 heavy (non-hydrogen) atoms. The number of urea groups is 1. The molecule has 2 aromatic rings. The van der Waals surface area contributed by atoms with E-state index in [9.17, 15) is 4.79 Å². The van der Waals surface area contributed by atoms with Gasteiger partial charge in [0.25, 0.3) is 0 Å². The highest BCUT2D eigenvalue weighted by molar-refractivity contribution is 5.94. The molecule has 3 heteroatoms. The molecule has 182 valence electrons. The van der Waals surface area contributed by atoms with Gasteiger partial charge in [0.2, 0.25) is 0 Å². The Bertz CT molecular complexity index is 1210. The summed E-state index contributed by atoms with van der Waals surface area (Å²) in [5, 5.41) is 2.88. The maximum Gasteiger partial charge on any atom is 0.319 e. The largest absolute Gasteiger partial charge is 0.325 e. The van der Waals surface area contributed by atoms with E-state index in [1.807, 2.05) is 0 Å². The van der Waals surface area contributed by atoms with Crippen molar-refractivity contribution >= 4 is 22.4 Å². The monoisotopic (exact) mass is 466 g/mol. The average molecular weight is 467 g/mol. The Morgan fingerprint density at radius 2 is 1.66 bits per heavy atom. The summed E-state index contributed by atoms with van der Waals surface area (Å²) >= 11 is 0. The van der Waals surface area contributed by atoms with Crippen LogP contribution in [0.25, 0.3) is 16.3 Å². The van der Waals surface area contributed by atoms with Gasteiger partial charge in [-0.25, -0.2) is 4.79 Å². The number of likely N-dealkylation sites (tertiary alicyclic amines) is 2. The van der Waals surface area contributed by atoms with Crippen LogP contribution in [0.15, 0.2) is 48.1 Å². The van der Waals surface area contributed by atoms with E-state index in [0.717, 1.165) is 50.9 Å². The maximum absolute atomic E-state index is 12.8. The molecular formula is C32H38N2O. The Morgan fingerprint density at radius 1 is 0.857 bits per heavy atom. The van der Waals surface area contributed by atoms with Crippen LogP contribution < -0.4 is 0 Å². The third kappa shape index (κ3) is 3.74. The summed E-state index contributed by atoms with van der Waals surface area (Å²) in [6.45, 7) is 3.69. The second-order valence-corrected chi connectivity index (χ2v) is 11.7. The van der Waals surface area contributed by atoms with Gasteiger partial charge >= 0.3 is 6.03 Å². The molecule has 3 fully saturated rings. The molecule has 2 amide bonds. The molecule has 3 nitrogen and oxygen atoms in total. The van der Waals surface area contributed by atoms with E-state index in [0.29, 0.717) is 5.92 Å². The Balaban J connectivity index is 1.14. The lowest BCUT2D eigenvalue weighted by Gasteiger charge is -2.41. The Morgan fingerprint density at radius 3 is 2.43 bits per heavy atom. The van der Waals surface area contributed by atoms with Crippen molar-refractivity contribution in [3.8, 4) is 0 Å². The third-order valence-electron chi connectivity index (χ3n) is 9.86. The summed E-state index contributed by atoms with van der Waals surface area (Å²) in [5.41, 5.74) is 7.88. The molecule has 5 aliphatic rings. The van der Waals surface area contributed by atoms with Crippen LogP contribution in [0.5, 0.6) is 0 Å².